The van der Waals surface area contributed by atoms with E-state index >= 15 is 0 Å². The number of halogens is 1. The molecule has 0 aliphatic carbocycles. The molecule has 7 heteroatoms. The van der Waals surface area contributed by atoms with Gasteiger partial charge in [0.25, 0.3) is 5.91 Å². The molecule has 0 saturated heterocycles. The molecule has 0 unspecified atom stereocenters. The molecule has 0 saturated carbocycles. The normalized spacial score (nSPS) is 9.96. The number of ether oxygens (including phenoxy) is 2. The molecule has 0 aliphatic heterocycles. The Morgan fingerprint density at radius 2 is 1.83 bits per heavy atom. The molecule has 0 radical (unpaired) electrons. The van der Waals surface area contributed by atoms with E-state index < -0.39 is 5.91 Å². The van der Waals surface area contributed by atoms with E-state index in [4.69, 9.17) is 9.47 Å². The lowest BCUT2D eigenvalue weighted by Gasteiger charge is -2.11. The maximum atomic E-state index is 12.2. The van der Waals surface area contributed by atoms with Gasteiger partial charge in [0, 0.05) is 10.5 Å². The zero-order chi connectivity index (χ0) is 17.5. The van der Waals surface area contributed by atoms with Crippen molar-refractivity contribution in [3.05, 3.63) is 52.5 Å². The van der Waals surface area contributed by atoms with E-state index in [-0.39, 0.29) is 12.5 Å². The summed E-state index contributed by atoms with van der Waals surface area (Å²) in [5.41, 5.74) is 0.964. The number of methoxy groups -OCH3 is 2. The predicted octanol–water partition coefficient (Wildman–Crippen LogP) is 2.83. The van der Waals surface area contributed by atoms with Gasteiger partial charge in [-0.1, -0.05) is 12.1 Å². The molecule has 2 rings (SSSR count). The summed E-state index contributed by atoms with van der Waals surface area (Å²) in [6, 6.07) is 12.1. The molecule has 0 bridgehead atoms. The third kappa shape index (κ3) is 4.48. The summed E-state index contributed by atoms with van der Waals surface area (Å²) in [5.74, 6) is 0.215. The summed E-state index contributed by atoms with van der Waals surface area (Å²) < 4.78 is 11.0. The molecule has 2 aromatic carbocycles. The maximum Gasteiger partial charge on any atom is 0.255 e. The van der Waals surface area contributed by atoms with Gasteiger partial charge < -0.3 is 20.1 Å². The Morgan fingerprint density at radius 3 is 2.50 bits per heavy atom. The van der Waals surface area contributed by atoms with E-state index in [0.717, 1.165) is 4.47 Å². The van der Waals surface area contributed by atoms with Crippen molar-refractivity contribution in [3.8, 4) is 11.5 Å². The van der Waals surface area contributed by atoms with E-state index in [0.29, 0.717) is 22.7 Å². The standard InChI is InChI=1S/C17H17BrN2O4/c1-23-11-7-8-12(15(9-11)24-2)17(22)19-10-16(21)20-14-6-4-3-5-13(14)18/h3-9H,10H2,1-2H3,(H,19,22)(H,20,21). The number of carbonyl (C=O) groups is 2. The first-order chi connectivity index (χ1) is 11.5. The molecule has 0 spiro atoms. The highest BCUT2D eigenvalue weighted by atomic mass is 79.9. The van der Waals surface area contributed by atoms with E-state index in [1.54, 1.807) is 30.3 Å². The van der Waals surface area contributed by atoms with Gasteiger partial charge in [0.05, 0.1) is 32.0 Å². The average molecular weight is 393 g/mol. The number of rotatable bonds is 6. The lowest BCUT2D eigenvalue weighted by Crippen LogP contribution is -2.33. The van der Waals surface area contributed by atoms with Crippen molar-refractivity contribution in [2.75, 3.05) is 26.1 Å². The molecule has 2 amide bonds. The molecular formula is C17H17BrN2O4. The van der Waals surface area contributed by atoms with Crippen molar-refractivity contribution in [3.63, 3.8) is 0 Å². The average Bonchev–Trinajstić information content (AvgIpc) is 2.61. The van der Waals surface area contributed by atoms with Crippen molar-refractivity contribution < 1.29 is 19.1 Å². The van der Waals surface area contributed by atoms with Crippen LogP contribution in [0.5, 0.6) is 11.5 Å². The second-order valence-corrected chi connectivity index (χ2v) is 5.63. The fourth-order valence-corrected chi connectivity index (χ4v) is 2.38. The summed E-state index contributed by atoms with van der Waals surface area (Å²) >= 11 is 3.34. The van der Waals surface area contributed by atoms with Crippen LogP contribution in [0.15, 0.2) is 46.9 Å². The molecule has 0 heterocycles. The number of hydrogen-bond acceptors (Lipinski definition) is 4. The fraction of sp³-hybridized carbons (Fsp3) is 0.176. The summed E-state index contributed by atoms with van der Waals surface area (Å²) in [6.45, 7) is -0.157. The van der Waals surface area contributed by atoms with Crippen LogP contribution in [-0.4, -0.2) is 32.6 Å². The number of hydrogen-bond donors (Lipinski definition) is 2. The molecular weight excluding hydrogens is 376 g/mol. The van der Waals surface area contributed by atoms with E-state index in [9.17, 15) is 9.59 Å². The molecule has 126 valence electrons. The Kier molecular flexibility index (Phi) is 6.20. The minimum absolute atomic E-state index is 0.157. The third-order valence-electron chi connectivity index (χ3n) is 3.21. The number of para-hydroxylation sites is 1. The Morgan fingerprint density at radius 1 is 1.08 bits per heavy atom. The number of carbonyl (C=O) groups excluding carboxylic acids is 2. The Balaban J connectivity index is 1.98. The first-order valence-electron chi connectivity index (χ1n) is 7.09. The van der Waals surface area contributed by atoms with Gasteiger partial charge >= 0.3 is 0 Å². The minimum Gasteiger partial charge on any atom is -0.497 e. The molecule has 0 atom stereocenters. The molecule has 0 aromatic heterocycles. The Labute approximate surface area is 148 Å². The van der Waals surface area contributed by atoms with Gasteiger partial charge in [-0.15, -0.1) is 0 Å². The number of anilines is 1. The van der Waals surface area contributed by atoms with E-state index in [1.807, 2.05) is 12.1 Å². The summed E-state index contributed by atoms with van der Waals surface area (Å²) in [7, 11) is 2.99. The Bertz CT molecular complexity index is 749. The van der Waals surface area contributed by atoms with Crippen LogP contribution in [0.3, 0.4) is 0 Å². The van der Waals surface area contributed by atoms with Crippen molar-refractivity contribution >= 4 is 33.4 Å². The smallest absolute Gasteiger partial charge is 0.255 e. The first kappa shape index (κ1) is 17.8. The van der Waals surface area contributed by atoms with Gasteiger partial charge in [-0.25, -0.2) is 0 Å². The lowest BCUT2D eigenvalue weighted by molar-refractivity contribution is -0.115. The minimum atomic E-state index is -0.406. The van der Waals surface area contributed by atoms with Crippen LogP contribution in [0.4, 0.5) is 5.69 Å². The van der Waals surface area contributed by atoms with Crippen LogP contribution < -0.4 is 20.1 Å². The monoisotopic (exact) mass is 392 g/mol. The van der Waals surface area contributed by atoms with Crippen molar-refractivity contribution in [1.29, 1.82) is 0 Å². The zero-order valence-electron chi connectivity index (χ0n) is 13.3. The van der Waals surface area contributed by atoms with Gasteiger partial charge in [-0.05, 0) is 40.2 Å². The number of amides is 2. The van der Waals surface area contributed by atoms with Crippen LogP contribution in [0.1, 0.15) is 10.4 Å². The zero-order valence-corrected chi connectivity index (χ0v) is 14.8. The van der Waals surface area contributed by atoms with Gasteiger partial charge in [-0.2, -0.15) is 0 Å². The number of nitrogens with one attached hydrogen (secondary N) is 2. The molecule has 2 aromatic rings. The molecule has 0 fully saturated rings. The molecule has 6 nitrogen and oxygen atoms in total. The van der Waals surface area contributed by atoms with Crippen LogP contribution in [0.25, 0.3) is 0 Å². The van der Waals surface area contributed by atoms with Crippen molar-refractivity contribution in [1.82, 2.24) is 5.32 Å². The quantitative estimate of drug-likeness (QED) is 0.792. The highest BCUT2D eigenvalue weighted by Crippen LogP contribution is 2.24. The van der Waals surface area contributed by atoms with Crippen LogP contribution >= 0.6 is 15.9 Å². The highest BCUT2D eigenvalue weighted by Gasteiger charge is 2.14. The first-order valence-corrected chi connectivity index (χ1v) is 7.89. The Hall–Kier alpha value is -2.54. The van der Waals surface area contributed by atoms with Gasteiger partial charge in [0.1, 0.15) is 11.5 Å². The van der Waals surface area contributed by atoms with E-state index in [2.05, 4.69) is 26.6 Å². The SMILES string of the molecule is COc1ccc(C(=O)NCC(=O)Nc2ccccc2Br)c(OC)c1. The van der Waals surface area contributed by atoms with Crippen molar-refractivity contribution in [2.24, 2.45) is 0 Å². The van der Waals surface area contributed by atoms with Crippen LogP contribution in [0.2, 0.25) is 0 Å². The molecule has 0 aliphatic rings. The lowest BCUT2D eigenvalue weighted by atomic mass is 10.1. The van der Waals surface area contributed by atoms with Gasteiger partial charge in [-0.3, -0.25) is 9.59 Å². The van der Waals surface area contributed by atoms with Crippen molar-refractivity contribution in [2.45, 2.75) is 0 Å². The topological polar surface area (TPSA) is 76.7 Å². The second kappa shape index (κ2) is 8.35. The predicted molar refractivity (Wildman–Crippen MR) is 94.7 cm³/mol. The molecule has 2 N–H and O–H groups in total. The third-order valence-corrected chi connectivity index (χ3v) is 3.90. The summed E-state index contributed by atoms with van der Waals surface area (Å²) in [4.78, 5) is 24.2. The van der Waals surface area contributed by atoms with Gasteiger partial charge in [0.2, 0.25) is 5.91 Å². The maximum absolute atomic E-state index is 12.2. The summed E-state index contributed by atoms with van der Waals surface area (Å²) in [6.07, 6.45) is 0. The largest absolute Gasteiger partial charge is 0.497 e. The van der Waals surface area contributed by atoms with Crippen LogP contribution in [0, 0.1) is 0 Å². The molecule has 24 heavy (non-hydrogen) atoms. The summed E-state index contributed by atoms with van der Waals surface area (Å²) in [5, 5.41) is 5.28. The van der Waals surface area contributed by atoms with Crippen LogP contribution in [-0.2, 0) is 4.79 Å². The van der Waals surface area contributed by atoms with Gasteiger partial charge in [0.15, 0.2) is 0 Å². The highest BCUT2D eigenvalue weighted by molar-refractivity contribution is 9.10. The van der Waals surface area contributed by atoms with E-state index in [1.165, 1.54) is 14.2 Å². The fourth-order valence-electron chi connectivity index (χ4n) is 2.00. The second-order valence-electron chi connectivity index (χ2n) is 4.78. The number of benzene rings is 2.